The van der Waals surface area contributed by atoms with Crippen LogP contribution in [0.3, 0.4) is 0 Å². The molecular formula is C12H19BO4. The Labute approximate surface area is 102 Å². The molecule has 1 aromatic rings. The van der Waals surface area contributed by atoms with Gasteiger partial charge in [-0.15, -0.1) is 0 Å². The summed E-state index contributed by atoms with van der Waals surface area (Å²) in [5, 5.41) is 27.6. The van der Waals surface area contributed by atoms with Gasteiger partial charge in [-0.2, -0.15) is 0 Å². The summed E-state index contributed by atoms with van der Waals surface area (Å²) >= 11 is 0. The molecule has 0 aliphatic heterocycles. The first-order chi connectivity index (χ1) is 8.15. The SMILES string of the molecule is CCCCCC(O)c1ccccc1OB(O)O. The van der Waals surface area contributed by atoms with Gasteiger partial charge in [-0.05, 0) is 12.5 Å². The fourth-order valence-electron chi connectivity index (χ4n) is 1.72. The number of hydrogen-bond donors (Lipinski definition) is 3. The molecule has 0 heterocycles. The van der Waals surface area contributed by atoms with Crippen molar-refractivity contribution in [3.05, 3.63) is 29.8 Å². The molecular weight excluding hydrogens is 219 g/mol. The number of rotatable bonds is 7. The molecule has 0 aliphatic rings. The molecule has 0 aliphatic carbocycles. The number of unbranched alkanes of at least 4 members (excludes halogenated alkanes) is 2. The quantitative estimate of drug-likeness (QED) is 0.499. The number of aliphatic hydroxyl groups is 1. The molecule has 0 spiro atoms. The van der Waals surface area contributed by atoms with Gasteiger partial charge < -0.3 is 19.8 Å². The van der Waals surface area contributed by atoms with Crippen molar-refractivity contribution in [2.75, 3.05) is 0 Å². The lowest BCUT2D eigenvalue weighted by atomic mass is 10.0. The Morgan fingerprint density at radius 2 is 1.94 bits per heavy atom. The zero-order chi connectivity index (χ0) is 12.7. The molecule has 0 fully saturated rings. The van der Waals surface area contributed by atoms with E-state index in [1.54, 1.807) is 24.3 Å². The summed E-state index contributed by atoms with van der Waals surface area (Å²) in [5.74, 6) is 0.312. The van der Waals surface area contributed by atoms with Gasteiger partial charge in [0.1, 0.15) is 5.75 Å². The van der Waals surface area contributed by atoms with Gasteiger partial charge >= 0.3 is 7.32 Å². The van der Waals surface area contributed by atoms with Crippen LogP contribution in [-0.2, 0) is 0 Å². The first kappa shape index (κ1) is 14.0. The Morgan fingerprint density at radius 1 is 1.24 bits per heavy atom. The summed E-state index contributed by atoms with van der Waals surface area (Å²) in [6.07, 6.45) is 3.13. The predicted molar refractivity (Wildman–Crippen MR) is 66.4 cm³/mol. The third-order valence-corrected chi connectivity index (χ3v) is 2.59. The van der Waals surface area contributed by atoms with Crippen LogP contribution in [0, 0.1) is 0 Å². The maximum atomic E-state index is 10.00. The highest BCUT2D eigenvalue weighted by Gasteiger charge is 2.17. The minimum atomic E-state index is -1.86. The Balaban J connectivity index is 2.67. The standard InChI is InChI=1S/C12H19BO4/c1-2-3-4-8-11(14)10-7-5-6-9-12(10)17-13(15)16/h5-7,9,11,14-16H,2-4,8H2,1H3. The second-order valence-corrected chi connectivity index (χ2v) is 3.99. The number of para-hydroxylation sites is 1. The lowest BCUT2D eigenvalue weighted by Gasteiger charge is -2.15. The van der Waals surface area contributed by atoms with Crippen molar-refractivity contribution in [3.63, 3.8) is 0 Å². The summed E-state index contributed by atoms with van der Waals surface area (Å²) in [6.45, 7) is 2.10. The van der Waals surface area contributed by atoms with Crippen molar-refractivity contribution in [3.8, 4) is 5.75 Å². The normalized spacial score (nSPS) is 12.2. The van der Waals surface area contributed by atoms with Gasteiger partial charge in [0.05, 0.1) is 6.10 Å². The van der Waals surface area contributed by atoms with Crippen molar-refractivity contribution in [1.82, 2.24) is 0 Å². The summed E-state index contributed by atoms with van der Waals surface area (Å²) in [7, 11) is -1.86. The highest BCUT2D eigenvalue weighted by atomic mass is 16.6. The summed E-state index contributed by atoms with van der Waals surface area (Å²) in [4.78, 5) is 0. The monoisotopic (exact) mass is 238 g/mol. The van der Waals surface area contributed by atoms with Crippen LogP contribution in [0.2, 0.25) is 0 Å². The van der Waals surface area contributed by atoms with Crippen LogP contribution in [0.4, 0.5) is 0 Å². The van der Waals surface area contributed by atoms with E-state index in [2.05, 4.69) is 6.92 Å². The molecule has 0 bridgehead atoms. The molecule has 0 saturated carbocycles. The zero-order valence-corrected chi connectivity index (χ0v) is 10.0. The van der Waals surface area contributed by atoms with Crippen molar-refractivity contribution in [2.45, 2.75) is 38.7 Å². The van der Waals surface area contributed by atoms with E-state index in [9.17, 15) is 5.11 Å². The second kappa shape index (κ2) is 7.32. The third-order valence-electron chi connectivity index (χ3n) is 2.59. The number of hydrogen-bond acceptors (Lipinski definition) is 4. The maximum absolute atomic E-state index is 10.00. The number of benzene rings is 1. The smallest absolute Gasteiger partial charge is 0.512 e. The van der Waals surface area contributed by atoms with Gasteiger partial charge in [0, 0.05) is 5.56 Å². The van der Waals surface area contributed by atoms with Gasteiger partial charge in [0.25, 0.3) is 0 Å². The van der Waals surface area contributed by atoms with Crippen LogP contribution in [0.5, 0.6) is 5.75 Å². The van der Waals surface area contributed by atoms with Crippen LogP contribution in [0.1, 0.15) is 44.3 Å². The second-order valence-electron chi connectivity index (χ2n) is 3.99. The summed E-state index contributed by atoms with van der Waals surface area (Å²) in [5.41, 5.74) is 0.594. The van der Waals surface area contributed by atoms with Crippen LogP contribution in [0.15, 0.2) is 24.3 Å². The van der Waals surface area contributed by atoms with Crippen LogP contribution >= 0.6 is 0 Å². The fraction of sp³-hybridized carbons (Fsp3) is 0.500. The Hall–Kier alpha value is -1.04. The molecule has 0 saturated heterocycles. The highest BCUT2D eigenvalue weighted by Crippen LogP contribution is 2.28. The van der Waals surface area contributed by atoms with Crippen LogP contribution in [-0.4, -0.2) is 22.5 Å². The lowest BCUT2D eigenvalue weighted by molar-refractivity contribution is 0.160. The van der Waals surface area contributed by atoms with E-state index in [0.29, 0.717) is 17.7 Å². The summed E-state index contributed by atoms with van der Waals surface area (Å²) in [6, 6.07) is 6.85. The first-order valence-corrected chi connectivity index (χ1v) is 5.95. The largest absolute Gasteiger partial charge is 0.707 e. The zero-order valence-electron chi connectivity index (χ0n) is 10.0. The maximum Gasteiger partial charge on any atom is 0.707 e. The van der Waals surface area contributed by atoms with E-state index in [4.69, 9.17) is 14.7 Å². The van der Waals surface area contributed by atoms with E-state index in [0.717, 1.165) is 19.3 Å². The topological polar surface area (TPSA) is 69.9 Å². The molecule has 0 amide bonds. The van der Waals surface area contributed by atoms with Gasteiger partial charge in [0.2, 0.25) is 0 Å². The molecule has 1 unspecified atom stereocenters. The molecule has 1 atom stereocenters. The van der Waals surface area contributed by atoms with Crippen LogP contribution in [0.25, 0.3) is 0 Å². The van der Waals surface area contributed by atoms with E-state index in [-0.39, 0.29) is 0 Å². The molecule has 3 N–H and O–H groups in total. The molecule has 1 rings (SSSR count). The van der Waals surface area contributed by atoms with Gasteiger partial charge in [-0.3, -0.25) is 0 Å². The van der Waals surface area contributed by atoms with Gasteiger partial charge in [0.15, 0.2) is 0 Å². The first-order valence-electron chi connectivity index (χ1n) is 5.95. The molecule has 0 aromatic heterocycles. The average molecular weight is 238 g/mol. The van der Waals surface area contributed by atoms with E-state index in [1.165, 1.54) is 0 Å². The van der Waals surface area contributed by atoms with E-state index in [1.807, 2.05) is 0 Å². The molecule has 4 nitrogen and oxygen atoms in total. The van der Waals surface area contributed by atoms with Crippen LogP contribution < -0.4 is 4.65 Å². The van der Waals surface area contributed by atoms with Crippen molar-refractivity contribution < 1.29 is 19.8 Å². The molecule has 1 aromatic carbocycles. The fourth-order valence-corrected chi connectivity index (χ4v) is 1.72. The average Bonchev–Trinajstić information content (AvgIpc) is 2.29. The Morgan fingerprint density at radius 3 is 2.59 bits per heavy atom. The molecule has 94 valence electrons. The lowest BCUT2D eigenvalue weighted by Crippen LogP contribution is -2.21. The van der Waals surface area contributed by atoms with Gasteiger partial charge in [-0.1, -0.05) is 44.4 Å². The highest BCUT2D eigenvalue weighted by molar-refractivity contribution is 6.33. The van der Waals surface area contributed by atoms with Gasteiger partial charge in [-0.25, -0.2) is 0 Å². The van der Waals surface area contributed by atoms with Crippen molar-refractivity contribution >= 4 is 7.32 Å². The Bertz CT molecular complexity index is 330. The Kier molecular flexibility index (Phi) is 6.04. The van der Waals surface area contributed by atoms with E-state index < -0.39 is 13.4 Å². The number of aliphatic hydroxyl groups excluding tert-OH is 1. The summed E-state index contributed by atoms with van der Waals surface area (Å²) < 4.78 is 4.82. The minimum absolute atomic E-state index is 0.312. The third kappa shape index (κ3) is 4.77. The van der Waals surface area contributed by atoms with Crippen molar-refractivity contribution in [2.24, 2.45) is 0 Å². The predicted octanol–water partition coefficient (Wildman–Crippen LogP) is 1.65. The van der Waals surface area contributed by atoms with Crippen molar-refractivity contribution in [1.29, 1.82) is 0 Å². The molecule has 17 heavy (non-hydrogen) atoms. The van der Waals surface area contributed by atoms with E-state index >= 15 is 0 Å². The minimum Gasteiger partial charge on any atom is -0.512 e. The molecule has 5 heteroatoms. The molecule has 0 radical (unpaired) electrons.